The molecule has 2 aromatic carbocycles. The summed E-state index contributed by atoms with van der Waals surface area (Å²) in [6.45, 7) is 5.70. The van der Waals surface area contributed by atoms with Gasteiger partial charge < -0.3 is 20.1 Å². The molecule has 28 heavy (non-hydrogen) atoms. The van der Waals surface area contributed by atoms with E-state index in [9.17, 15) is 4.79 Å². The normalized spacial score (nSPS) is 25.1. The van der Waals surface area contributed by atoms with Crippen molar-refractivity contribution < 1.29 is 14.3 Å². The number of fused-ring (bicyclic) bond motifs is 2. The van der Waals surface area contributed by atoms with Crippen LogP contribution in [0.15, 0.2) is 48.5 Å². The van der Waals surface area contributed by atoms with Crippen LogP contribution >= 0.6 is 12.2 Å². The molecule has 0 saturated carbocycles. The molecular formula is C22H24N2O3S. The molecule has 0 amide bonds. The van der Waals surface area contributed by atoms with Crippen molar-refractivity contribution in [3.8, 4) is 11.5 Å². The molecule has 0 aromatic heterocycles. The highest BCUT2D eigenvalue weighted by molar-refractivity contribution is 7.80. The van der Waals surface area contributed by atoms with Crippen molar-refractivity contribution in [1.29, 1.82) is 0 Å². The van der Waals surface area contributed by atoms with Gasteiger partial charge in [-0.1, -0.05) is 30.3 Å². The highest BCUT2D eigenvalue weighted by Gasteiger charge is 2.48. The van der Waals surface area contributed by atoms with Crippen molar-refractivity contribution >= 4 is 23.3 Å². The van der Waals surface area contributed by atoms with E-state index in [1.165, 1.54) is 6.92 Å². The summed E-state index contributed by atoms with van der Waals surface area (Å²) in [5.74, 6) is 0.838. The minimum atomic E-state index is -0.366. The molecule has 2 aliphatic rings. The van der Waals surface area contributed by atoms with E-state index in [-0.39, 0.29) is 23.2 Å². The highest BCUT2D eigenvalue weighted by Crippen LogP contribution is 2.50. The van der Waals surface area contributed by atoms with Crippen molar-refractivity contribution in [2.75, 3.05) is 0 Å². The van der Waals surface area contributed by atoms with E-state index in [0.29, 0.717) is 16.6 Å². The van der Waals surface area contributed by atoms with Crippen LogP contribution in [0.5, 0.6) is 11.5 Å². The van der Waals surface area contributed by atoms with Crippen molar-refractivity contribution in [1.82, 2.24) is 10.6 Å². The third kappa shape index (κ3) is 3.56. The topological polar surface area (TPSA) is 59.6 Å². The van der Waals surface area contributed by atoms with Gasteiger partial charge in [-0.3, -0.25) is 4.79 Å². The van der Waals surface area contributed by atoms with Crippen molar-refractivity contribution in [2.24, 2.45) is 0 Å². The molecule has 0 radical (unpaired) electrons. The number of rotatable bonds is 2. The van der Waals surface area contributed by atoms with Gasteiger partial charge in [0.15, 0.2) is 5.11 Å². The molecule has 1 fully saturated rings. The number of ether oxygens (including phenoxy) is 2. The molecule has 2 heterocycles. The smallest absolute Gasteiger partial charge is 0.308 e. The molecule has 2 aromatic rings. The fourth-order valence-corrected chi connectivity index (χ4v) is 4.86. The van der Waals surface area contributed by atoms with E-state index in [2.05, 4.69) is 36.6 Å². The third-order valence-electron chi connectivity index (χ3n) is 5.25. The number of benzene rings is 2. The minimum absolute atomic E-state index is 0.134. The van der Waals surface area contributed by atoms with Crippen LogP contribution in [0, 0.1) is 0 Å². The number of hydrogen-bond donors (Lipinski definition) is 2. The zero-order valence-electron chi connectivity index (χ0n) is 16.2. The Balaban J connectivity index is 1.81. The first-order chi connectivity index (χ1) is 13.3. The number of nitrogens with one attached hydrogen (secondary N) is 2. The molecule has 1 saturated heterocycles. The maximum atomic E-state index is 11.4. The monoisotopic (exact) mass is 396 g/mol. The van der Waals surface area contributed by atoms with Gasteiger partial charge in [0.1, 0.15) is 17.6 Å². The second kappa shape index (κ2) is 6.78. The van der Waals surface area contributed by atoms with Crippen LogP contribution in [0.4, 0.5) is 0 Å². The summed E-state index contributed by atoms with van der Waals surface area (Å²) < 4.78 is 11.7. The summed E-state index contributed by atoms with van der Waals surface area (Å²) in [4.78, 5) is 11.4. The second-order valence-corrected chi connectivity index (χ2v) is 8.60. The van der Waals surface area contributed by atoms with Crippen LogP contribution in [-0.4, -0.2) is 16.6 Å². The number of carbonyl (C=O) groups is 1. The predicted molar refractivity (Wildman–Crippen MR) is 111 cm³/mol. The van der Waals surface area contributed by atoms with Crippen molar-refractivity contribution in [2.45, 2.75) is 50.8 Å². The summed E-state index contributed by atoms with van der Waals surface area (Å²) in [5, 5.41) is 7.54. The summed E-state index contributed by atoms with van der Waals surface area (Å²) >= 11 is 5.54. The molecule has 5 nitrogen and oxygen atoms in total. The Labute approximate surface area is 170 Å². The first kappa shape index (κ1) is 18.7. The SMILES string of the molecule is CC(=O)Oc1ccc2c(c1)O[C@H](c1ccccc1)C[C@@]21CC(C)(C)NC(=S)N1. The number of hydrogen-bond acceptors (Lipinski definition) is 4. The molecule has 0 unspecified atom stereocenters. The van der Waals surface area contributed by atoms with Gasteiger partial charge in [-0.05, 0) is 50.2 Å². The van der Waals surface area contributed by atoms with Gasteiger partial charge in [0.2, 0.25) is 0 Å². The maximum absolute atomic E-state index is 11.4. The molecule has 6 heteroatoms. The standard InChI is InChI=1S/C22H24N2O3S/c1-14(25)26-16-9-10-17-18(11-16)27-19(15-7-5-4-6-8-15)12-22(17)13-21(2,3)23-20(28)24-22/h4-11,19H,12-13H2,1-3H3,(H2,23,24,28)/t19-,22+/m0/s1. The van der Waals surface area contributed by atoms with Gasteiger partial charge in [0, 0.05) is 30.5 Å². The van der Waals surface area contributed by atoms with Crippen LogP contribution in [0.1, 0.15) is 50.8 Å². The predicted octanol–water partition coefficient (Wildman–Crippen LogP) is 3.98. The van der Waals surface area contributed by atoms with Gasteiger partial charge in [-0.15, -0.1) is 0 Å². The molecule has 0 aliphatic carbocycles. The quantitative estimate of drug-likeness (QED) is 0.455. The Kier molecular flexibility index (Phi) is 4.54. The molecule has 1 spiro atoms. The second-order valence-electron chi connectivity index (χ2n) is 8.19. The van der Waals surface area contributed by atoms with Crippen LogP contribution in [0.25, 0.3) is 0 Å². The molecule has 146 valence electrons. The van der Waals surface area contributed by atoms with E-state index in [1.54, 1.807) is 6.07 Å². The highest BCUT2D eigenvalue weighted by atomic mass is 32.1. The largest absolute Gasteiger partial charge is 0.485 e. The maximum Gasteiger partial charge on any atom is 0.308 e. The Morgan fingerprint density at radius 3 is 2.61 bits per heavy atom. The van der Waals surface area contributed by atoms with Gasteiger partial charge in [-0.25, -0.2) is 0 Å². The van der Waals surface area contributed by atoms with Crippen molar-refractivity contribution in [3.63, 3.8) is 0 Å². The molecule has 2 atom stereocenters. The third-order valence-corrected chi connectivity index (χ3v) is 5.46. The van der Waals surface area contributed by atoms with Crippen LogP contribution in [0.2, 0.25) is 0 Å². The number of esters is 1. The first-order valence-electron chi connectivity index (χ1n) is 9.41. The minimum Gasteiger partial charge on any atom is -0.485 e. The van der Waals surface area contributed by atoms with E-state index in [0.717, 1.165) is 24.0 Å². The van der Waals surface area contributed by atoms with E-state index < -0.39 is 0 Å². The molecule has 0 bridgehead atoms. The zero-order valence-corrected chi connectivity index (χ0v) is 17.1. The van der Waals surface area contributed by atoms with Gasteiger partial charge in [0.25, 0.3) is 0 Å². The van der Waals surface area contributed by atoms with Crippen LogP contribution < -0.4 is 20.1 Å². The Morgan fingerprint density at radius 2 is 1.93 bits per heavy atom. The van der Waals surface area contributed by atoms with Crippen molar-refractivity contribution in [3.05, 3.63) is 59.7 Å². The Hall–Kier alpha value is -2.60. The molecule has 2 aliphatic heterocycles. The zero-order chi connectivity index (χ0) is 19.9. The molecule has 4 rings (SSSR count). The summed E-state index contributed by atoms with van der Waals surface area (Å²) in [5.41, 5.74) is 1.61. The lowest BCUT2D eigenvalue weighted by Crippen LogP contribution is -2.65. The summed E-state index contributed by atoms with van der Waals surface area (Å²) in [6, 6.07) is 15.8. The number of carbonyl (C=O) groups excluding carboxylic acids is 1. The summed E-state index contributed by atoms with van der Waals surface area (Å²) in [6.07, 6.45) is 1.46. The Morgan fingerprint density at radius 1 is 1.18 bits per heavy atom. The molecular weight excluding hydrogens is 372 g/mol. The fourth-order valence-electron chi connectivity index (χ4n) is 4.38. The van der Waals surface area contributed by atoms with E-state index >= 15 is 0 Å². The average molecular weight is 397 g/mol. The van der Waals surface area contributed by atoms with Gasteiger partial charge in [0.05, 0.1) is 5.54 Å². The van der Waals surface area contributed by atoms with E-state index in [4.69, 9.17) is 21.7 Å². The average Bonchev–Trinajstić information content (AvgIpc) is 2.59. The van der Waals surface area contributed by atoms with Crippen LogP contribution in [0.3, 0.4) is 0 Å². The fraction of sp³-hybridized carbons (Fsp3) is 0.364. The Bertz CT molecular complexity index is 929. The van der Waals surface area contributed by atoms with E-state index in [1.807, 2.05) is 30.3 Å². The lowest BCUT2D eigenvalue weighted by molar-refractivity contribution is -0.131. The first-order valence-corrected chi connectivity index (χ1v) is 9.82. The van der Waals surface area contributed by atoms with Gasteiger partial charge >= 0.3 is 5.97 Å². The van der Waals surface area contributed by atoms with Gasteiger partial charge in [-0.2, -0.15) is 0 Å². The lowest BCUT2D eigenvalue weighted by Gasteiger charge is -2.51. The lowest BCUT2D eigenvalue weighted by atomic mass is 9.72. The number of thiocarbonyl (C=S) groups is 1. The molecule has 2 N–H and O–H groups in total. The summed E-state index contributed by atoms with van der Waals surface area (Å²) in [7, 11) is 0. The van der Waals surface area contributed by atoms with Crippen LogP contribution in [-0.2, 0) is 10.3 Å².